The summed E-state index contributed by atoms with van der Waals surface area (Å²) in [4.78, 5) is 23.6. The molecule has 0 aromatic heterocycles. The van der Waals surface area contributed by atoms with Crippen molar-refractivity contribution in [3.05, 3.63) is 83.4 Å². The zero-order valence-electron chi connectivity index (χ0n) is 15.2. The number of methoxy groups -OCH3 is 1. The Morgan fingerprint density at radius 3 is 2.21 bits per heavy atom. The first-order valence-corrected chi connectivity index (χ1v) is 8.56. The van der Waals surface area contributed by atoms with Gasteiger partial charge >= 0.3 is 5.97 Å². The second-order valence-electron chi connectivity index (χ2n) is 6.13. The van der Waals surface area contributed by atoms with Crippen LogP contribution in [0, 0.1) is 0 Å². The minimum absolute atomic E-state index is 0.0383. The van der Waals surface area contributed by atoms with Crippen LogP contribution in [0.15, 0.2) is 66.7 Å². The van der Waals surface area contributed by atoms with Gasteiger partial charge in [0.15, 0.2) is 11.5 Å². The summed E-state index contributed by atoms with van der Waals surface area (Å²) in [6, 6.07) is 19.8. The molecule has 0 bridgehead atoms. The van der Waals surface area contributed by atoms with Crippen molar-refractivity contribution in [3.8, 4) is 22.6 Å². The first kappa shape index (κ1) is 19.0. The summed E-state index contributed by atoms with van der Waals surface area (Å²) < 4.78 is 5.00. The standard InChI is InChI=1S/C22H19NO5/c1-28-19-12-14(11-18(20(19)24)22(26)27)13-23-21(25)17-9-7-16(8-10-17)15-5-3-2-4-6-15/h2-12,24H,13H2,1H3,(H,23,25)(H,26,27). The number of carbonyl (C=O) groups is 2. The number of hydrogen-bond donors (Lipinski definition) is 3. The van der Waals surface area contributed by atoms with E-state index in [0.717, 1.165) is 11.1 Å². The number of phenols is 1. The second kappa shape index (κ2) is 8.26. The summed E-state index contributed by atoms with van der Waals surface area (Å²) in [6.07, 6.45) is 0. The van der Waals surface area contributed by atoms with Crippen LogP contribution in [0.3, 0.4) is 0 Å². The number of amides is 1. The van der Waals surface area contributed by atoms with Crippen molar-refractivity contribution in [1.82, 2.24) is 5.32 Å². The van der Waals surface area contributed by atoms with E-state index < -0.39 is 11.7 Å². The molecule has 0 spiro atoms. The highest BCUT2D eigenvalue weighted by molar-refractivity contribution is 5.95. The Bertz CT molecular complexity index is 997. The highest BCUT2D eigenvalue weighted by Crippen LogP contribution is 2.31. The lowest BCUT2D eigenvalue weighted by Crippen LogP contribution is -2.23. The fourth-order valence-electron chi connectivity index (χ4n) is 2.81. The Labute approximate surface area is 162 Å². The number of carboxylic acid groups (broad SMARTS) is 1. The SMILES string of the molecule is COc1cc(CNC(=O)c2ccc(-c3ccccc3)cc2)cc(C(=O)O)c1O. The molecule has 3 aromatic rings. The lowest BCUT2D eigenvalue weighted by atomic mass is 10.0. The summed E-state index contributed by atoms with van der Waals surface area (Å²) in [7, 11) is 1.33. The van der Waals surface area contributed by atoms with Crippen molar-refractivity contribution in [2.45, 2.75) is 6.54 Å². The van der Waals surface area contributed by atoms with E-state index in [2.05, 4.69) is 5.32 Å². The number of rotatable bonds is 6. The van der Waals surface area contributed by atoms with Crippen molar-refractivity contribution < 1.29 is 24.5 Å². The van der Waals surface area contributed by atoms with E-state index in [1.807, 2.05) is 42.5 Å². The van der Waals surface area contributed by atoms with E-state index in [9.17, 15) is 19.8 Å². The highest BCUT2D eigenvalue weighted by Gasteiger charge is 2.16. The maximum Gasteiger partial charge on any atom is 0.339 e. The van der Waals surface area contributed by atoms with E-state index in [1.165, 1.54) is 19.2 Å². The largest absolute Gasteiger partial charge is 0.504 e. The predicted molar refractivity (Wildman–Crippen MR) is 105 cm³/mol. The first-order chi connectivity index (χ1) is 13.5. The molecule has 3 rings (SSSR count). The van der Waals surface area contributed by atoms with Crippen LogP contribution in [0.5, 0.6) is 11.5 Å². The average molecular weight is 377 g/mol. The predicted octanol–water partition coefficient (Wildman–Crippen LogP) is 3.70. The van der Waals surface area contributed by atoms with Gasteiger partial charge in [-0.05, 0) is 41.0 Å². The Balaban J connectivity index is 1.72. The smallest absolute Gasteiger partial charge is 0.339 e. The maximum absolute atomic E-state index is 12.4. The fourth-order valence-corrected chi connectivity index (χ4v) is 2.81. The third-order valence-electron chi connectivity index (χ3n) is 4.29. The van der Waals surface area contributed by atoms with Crippen molar-refractivity contribution >= 4 is 11.9 Å². The molecule has 0 radical (unpaired) electrons. The molecule has 1 amide bonds. The van der Waals surface area contributed by atoms with Gasteiger partial charge in [0.25, 0.3) is 5.91 Å². The zero-order chi connectivity index (χ0) is 20.1. The van der Waals surface area contributed by atoms with Gasteiger partial charge in [-0.25, -0.2) is 4.79 Å². The van der Waals surface area contributed by atoms with Gasteiger partial charge in [-0.3, -0.25) is 4.79 Å². The minimum atomic E-state index is -1.28. The van der Waals surface area contributed by atoms with E-state index in [1.54, 1.807) is 12.1 Å². The summed E-state index contributed by atoms with van der Waals surface area (Å²) in [5, 5.41) is 21.8. The molecule has 0 unspecified atom stereocenters. The van der Waals surface area contributed by atoms with Gasteiger partial charge in [-0.15, -0.1) is 0 Å². The molecule has 0 aliphatic heterocycles. The number of aromatic hydroxyl groups is 1. The molecular weight excluding hydrogens is 358 g/mol. The normalized spacial score (nSPS) is 10.3. The van der Waals surface area contributed by atoms with E-state index >= 15 is 0 Å². The second-order valence-corrected chi connectivity index (χ2v) is 6.13. The van der Waals surface area contributed by atoms with Gasteiger partial charge in [0.2, 0.25) is 0 Å². The van der Waals surface area contributed by atoms with Gasteiger partial charge in [-0.1, -0.05) is 42.5 Å². The zero-order valence-corrected chi connectivity index (χ0v) is 15.2. The number of aromatic carboxylic acids is 1. The maximum atomic E-state index is 12.4. The van der Waals surface area contributed by atoms with E-state index in [0.29, 0.717) is 11.1 Å². The van der Waals surface area contributed by atoms with Crippen LogP contribution < -0.4 is 10.1 Å². The Kier molecular flexibility index (Phi) is 5.60. The minimum Gasteiger partial charge on any atom is -0.504 e. The highest BCUT2D eigenvalue weighted by atomic mass is 16.5. The fraction of sp³-hybridized carbons (Fsp3) is 0.0909. The van der Waals surface area contributed by atoms with Crippen LogP contribution in [0.1, 0.15) is 26.3 Å². The van der Waals surface area contributed by atoms with Crippen LogP contribution in [0.2, 0.25) is 0 Å². The molecule has 6 nitrogen and oxygen atoms in total. The number of benzene rings is 3. The summed E-state index contributed by atoms with van der Waals surface area (Å²) in [5.41, 5.74) is 2.78. The van der Waals surface area contributed by atoms with Crippen molar-refractivity contribution in [2.75, 3.05) is 7.11 Å². The lowest BCUT2D eigenvalue weighted by molar-refractivity contribution is 0.0692. The molecule has 3 aromatic carbocycles. The first-order valence-electron chi connectivity index (χ1n) is 8.56. The van der Waals surface area contributed by atoms with Crippen molar-refractivity contribution in [3.63, 3.8) is 0 Å². The molecule has 28 heavy (non-hydrogen) atoms. The molecule has 0 aliphatic rings. The van der Waals surface area contributed by atoms with Crippen LogP contribution in [-0.4, -0.2) is 29.2 Å². The van der Waals surface area contributed by atoms with Crippen molar-refractivity contribution in [1.29, 1.82) is 0 Å². The summed E-state index contributed by atoms with van der Waals surface area (Å²) >= 11 is 0. The monoisotopic (exact) mass is 377 g/mol. The molecular formula is C22H19NO5. The molecule has 0 saturated heterocycles. The van der Waals surface area contributed by atoms with Gasteiger partial charge in [0.05, 0.1) is 7.11 Å². The topological polar surface area (TPSA) is 95.9 Å². The number of ether oxygens (including phenoxy) is 1. The number of carboxylic acids is 1. The van der Waals surface area contributed by atoms with E-state index in [-0.39, 0.29) is 23.8 Å². The Hall–Kier alpha value is -3.80. The Morgan fingerprint density at radius 2 is 1.61 bits per heavy atom. The number of carbonyl (C=O) groups excluding carboxylic acids is 1. The molecule has 0 heterocycles. The third-order valence-corrected chi connectivity index (χ3v) is 4.29. The third kappa shape index (κ3) is 4.12. The van der Waals surface area contributed by atoms with Gasteiger partial charge in [-0.2, -0.15) is 0 Å². The average Bonchev–Trinajstić information content (AvgIpc) is 2.73. The lowest BCUT2D eigenvalue weighted by Gasteiger charge is -2.11. The molecule has 0 saturated carbocycles. The quantitative estimate of drug-likeness (QED) is 0.609. The molecule has 0 aliphatic carbocycles. The van der Waals surface area contributed by atoms with Gasteiger partial charge in [0, 0.05) is 12.1 Å². The van der Waals surface area contributed by atoms with Crippen LogP contribution >= 0.6 is 0 Å². The number of nitrogens with one attached hydrogen (secondary N) is 1. The van der Waals surface area contributed by atoms with Crippen LogP contribution in [0.25, 0.3) is 11.1 Å². The molecule has 0 fully saturated rings. The Morgan fingerprint density at radius 1 is 0.964 bits per heavy atom. The van der Waals surface area contributed by atoms with Crippen LogP contribution in [0.4, 0.5) is 0 Å². The van der Waals surface area contributed by atoms with Gasteiger partial charge < -0.3 is 20.3 Å². The summed E-state index contributed by atoms with van der Waals surface area (Å²) in [6.45, 7) is 0.0934. The van der Waals surface area contributed by atoms with E-state index in [4.69, 9.17) is 4.74 Å². The van der Waals surface area contributed by atoms with Crippen LogP contribution in [-0.2, 0) is 6.54 Å². The van der Waals surface area contributed by atoms with Crippen molar-refractivity contribution in [2.24, 2.45) is 0 Å². The summed E-state index contributed by atoms with van der Waals surface area (Å²) in [5.74, 6) is -1.97. The molecule has 142 valence electrons. The molecule has 3 N–H and O–H groups in total. The van der Waals surface area contributed by atoms with Gasteiger partial charge in [0.1, 0.15) is 5.56 Å². The number of hydrogen-bond acceptors (Lipinski definition) is 4. The molecule has 0 atom stereocenters. The molecule has 6 heteroatoms.